The summed E-state index contributed by atoms with van der Waals surface area (Å²) in [4.78, 5) is 0. The molecular formula is C21H25BClNO4. The summed E-state index contributed by atoms with van der Waals surface area (Å²) in [6.45, 7) is 10.2. The zero-order chi connectivity index (χ0) is 20.3. The molecule has 5 nitrogen and oxygen atoms in total. The second-order valence-corrected chi connectivity index (χ2v) is 8.81. The molecule has 0 radical (unpaired) electrons. The minimum Gasteiger partial charge on any atom is -0.463 e. The quantitative estimate of drug-likeness (QED) is 0.763. The van der Waals surface area contributed by atoms with Crippen molar-refractivity contribution in [2.75, 3.05) is 5.32 Å². The first-order valence-corrected chi connectivity index (χ1v) is 9.82. The summed E-state index contributed by atoms with van der Waals surface area (Å²) in [6, 6.07) is 9.61. The molecular weight excluding hydrogens is 376 g/mol. The Labute approximate surface area is 171 Å². The third-order valence-electron chi connectivity index (χ3n) is 6.02. The lowest BCUT2D eigenvalue weighted by atomic mass is 9.75. The molecule has 1 saturated heterocycles. The minimum atomic E-state index is -0.432. The average Bonchev–Trinajstić information content (AvgIpc) is 3.13. The maximum Gasteiger partial charge on any atom is 0.495 e. The molecule has 1 unspecified atom stereocenters. The zero-order valence-electron chi connectivity index (χ0n) is 16.8. The van der Waals surface area contributed by atoms with E-state index < -0.39 is 18.3 Å². The monoisotopic (exact) mass is 401 g/mol. The normalized spacial score (nSPS) is 22.0. The van der Waals surface area contributed by atoms with Crippen LogP contribution < -0.4 is 15.5 Å². The van der Waals surface area contributed by atoms with E-state index in [1.165, 1.54) is 0 Å². The van der Waals surface area contributed by atoms with Crippen molar-refractivity contribution >= 4 is 29.9 Å². The maximum absolute atomic E-state index is 9.41. The van der Waals surface area contributed by atoms with E-state index in [2.05, 4.69) is 5.32 Å². The van der Waals surface area contributed by atoms with Gasteiger partial charge < -0.3 is 24.5 Å². The number of aliphatic hydroxyl groups excluding tert-OH is 1. The molecule has 2 heterocycles. The predicted octanol–water partition coefficient (Wildman–Crippen LogP) is 3.94. The smallest absolute Gasteiger partial charge is 0.463 e. The second-order valence-electron chi connectivity index (χ2n) is 8.40. The van der Waals surface area contributed by atoms with Gasteiger partial charge in [-0.05, 0) is 63.3 Å². The van der Waals surface area contributed by atoms with Gasteiger partial charge in [-0.1, -0.05) is 29.8 Å². The van der Waals surface area contributed by atoms with E-state index in [1.807, 2.05) is 58.9 Å². The van der Waals surface area contributed by atoms with Gasteiger partial charge >= 0.3 is 7.12 Å². The van der Waals surface area contributed by atoms with Gasteiger partial charge in [0.05, 0.1) is 28.5 Å². The number of anilines is 1. The van der Waals surface area contributed by atoms with Gasteiger partial charge in [0.2, 0.25) is 0 Å². The standard InChI is InChI=1S/C21H25BClNO4/c1-12-14(19-24-17-10-13(11-25)9-16(23)18(17)26-19)7-6-8-15(12)22-27-20(2,3)21(4,5)28-22/h6-10,19,24-25H,11H2,1-5H3. The number of hydrogen-bond donors (Lipinski definition) is 2. The van der Waals surface area contributed by atoms with Gasteiger partial charge in [-0.25, -0.2) is 0 Å². The van der Waals surface area contributed by atoms with Crippen molar-refractivity contribution in [2.24, 2.45) is 0 Å². The van der Waals surface area contributed by atoms with Gasteiger partial charge in [0.15, 0.2) is 12.0 Å². The van der Waals surface area contributed by atoms with Crippen LogP contribution in [0.3, 0.4) is 0 Å². The van der Waals surface area contributed by atoms with Crippen LogP contribution in [0.5, 0.6) is 5.75 Å². The number of halogens is 1. The van der Waals surface area contributed by atoms with E-state index in [1.54, 1.807) is 6.07 Å². The Hall–Kier alpha value is -1.73. The zero-order valence-corrected chi connectivity index (χ0v) is 17.6. The number of rotatable bonds is 3. The summed E-state index contributed by atoms with van der Waals surface area (Å²) in [5.74, 6) is 0.601. The molecule has 0 spiro atoms. The molecule has 28 heavy (non-hydrogen) atoms. The van der Waals surface area contributed by atoms with Crippen LogP contribution in [-0.4, -0.2) is 23.4 Å². The molecule has 0 bridgehead atoms. The molecule has 2 aromatic rings. The molecule has 4 rings (SSSR count). The van der Waals surface area contributed by atoms with Crippen LogP contribution in [0.1, 0.15) is 50.6 Å². The van der Waals surface area contributed by atoms with Crippen molar-refractivity contribution in [1.29, 1.82) is 0 Å². The van der Waals surface area contributed by atoms with Crippen LogP contribution in [0.2, 0.25) is 5.02 Å². The first kappa shape index (κ1) is 19.6. The molecule has 148 valence electrons. The topological polar surface area (TPSA) is 60.0 Å². The highest BCUT2D eigenvalue weighted by molar-refractivity contribution is 6.62. The molecule has 0 amide bonds. The molecule has 2 aromatic carbocycles. The number of benzene rings is 2. The Bertz CT molecular complexity index is 915. The van der Waals surface area contributed by atoms with Crippen LogP contribution >= 0.6 is 11.6 Å². The SMILES string of the molecule is Cc1c(B2OC(C)(C)C(C)(C)O2)cccc1C1Nc2cc(CO)cc(Cl)c2O1. The van der Waals surface area contributed by atoms with Crippen molar-refractivity contribution in [2.45, 2.75) is 58.7 Å². The average molecular weight is 402 g/mol. The van der Waals surface area contributed by atoms with Crippen LogP contribution in [-0.2, 0) is 15.9 Å². The van der Waals surface area contributed by atoms with Gasteiger partial charge in [0, 0.05) is 5.56 Å². The van der Waals surface area contributed by atoms with E-state index in [9.17, 15) is 5.11 Å². The van der Waals surface area contributed by atoms with E-state index in [4.69, 9.17) is 25.6 Å². The first-order chi connectivity index (χ1) is 13.1. The molecule has 1 atom stereocenters. The fourth-order valence-electron chi connectivity index (χ4n) is 3.58. The molecule has 2 aliphatic rings. The number of hydrogen-bond acceptors (Lipinski definition) is 5. The molecule has 2 N–H and O–H groups in total. The summed E-state index contributed by atoms with van der Waals surface area (Å²) in [5.41, 5.74) is 3.75. The highest BCUT2D eigenvalue weighted by Gasteiger charge is 2.52. The van der Waals surface area contributed by atoms with E-state index in [0.29, 0.717) is 10.8 Å². The largest absolute Gasteiger partial charge is 0.495 e. The van der Waals surface area contributed by atoms with E-state index in [-0.39, 0.29) is 12.8 Å². The Morgan fingerprint density at radius 3 is 2.46 bits per heavy atom. The fraction of sp³-hybridized carbons (Fsp3) is 0.429. The van der Waals surface area contributed by atoms with Crippen molar-refractivity contribution in [3.05, 3.63) is 52.0 Å². The summed E-state index contributed by atoms with van der Waals surface area (Å²) in [7, 11) is -0.432. The molecule has 7 heteroatoms. The van der Waals surface area contributed by atoms with Crippen molar-refractivity contribution in [3.63, 3.8) is 0 Å². The maximum atomic E-state index is 9.41. The lowest BCUT2D eigenvalue weighted by Gasteiger charge is -2.32. The number of fused-ring (bicyclic) bond motifs is 1. The van der Waals surface area contributed by atoms with Crippen molar-refractivity contribution in [1.82, 2.24) is 0 Å². The Morgan fingerprint density at radius 1 is 1.14 bits per heavy atom. The molecule has 0 saturated carbocycles. The van der Waals surface area contributed by atoms with Crippen LogP contribution in [0.25, 0.3) is 0 Å². The summed E-state index contributed by atoms with van der Waals surface area (Å²) in [5, 5.41) is 13.2. The molecule has 0 aromatic heterocycles. The van der Waals surface area contributed by atoms with Gasteiger partial charge in [0.25, 0.3) is 0 Å². The number of ether oxygens (including phenoxy) is 1. The first-order valence-electron chi connectivity index (χ1n) is 9.44. The summed E-state index contributed by atoms with van der Waals surface area (Å²) >= 11 is 6.33. The molecule has 0 aliphatic carbocycles. The third kappa shape index (κ3) is 3.09. The Kier molecular flexibility index (Phi) is 4.66. The van der Waals surface area contributed by atoms with Crippen LogP contribution in [0, 0.1) is 6.92 Å². The van der Waals surface area contributed by atoms with Gasteiger partial charge in [-0.2, -0.15) is 0 Å². The van der Waals surface area contributed by atoms with E-state index in [0.717, 1.165) is 27.8 Å². The summed E-state index contributed by atoms with van der Waals surface area (Å²) in [6.07, 6.45) is -0.371. The highest BCUT2D eigenvalue weighted by Crippen LogP contribution is 2.44. The number of nitrogens with one attached hydrogen (secondary N) is 1. The Balaban J connectivity index is 1.65. The van der Waals surface area contributed by atoms with Crippen molar-refractivity contribution < 1.29 is 19.2 Å². The predicted molar refractivity (Wildman–Crippen MR) is 111 cm³/mol. The van der Waals surface area contributed by atoms with E-state index >= 15 is 0 Å². The van der Waals surface area contributed by atoms with Crippen molar-refractivity contribution in [3.8, 4) is 5.75 Å². The minimum absolute atomic E-state index is 0.0736. The second kappa shape index (κ2) is 6.66. The highest BCUT2D eigenvalue weighted by atomic mass is 35.5. The van der Waals surface area contributed by atoms with Gasteiger partial charge in [-0.15, -0.1) is 0 Å². The Morgan fingerprint density at radius 2 is 1.82 bits per heavy atom. The number of aliphatic hydroxyl groups is 1. The summed E-state index contributed by atoms with van der Waals surface area (Å²) < 4.78 is 18.6. The van der Waals surface area contributed by atoms with Crippen LogP contribution in [0.4, 0.5) is 5.69 Å². The van der Waals surface area contributed by atoms with Crippen LogP contribution in [0.15, 0.2) is 30.3 Å². The van der Waals surface area contributed by atoms with Gasteiger partial charge in [0.1, 0.15) is 0 Å². The third-order valence-corrected chi connectivity index (χ3v) is 6.30. The lowest BCUT2D eigenvalue weighted by Crippen LogP contribution is -2.41. The molecule has 1 fully saturated rings. The lowest BCUT2D eigenvalue weighted by molar-refractivity contribution is 0.00578. The fourth-order valence-corrected chi connectivity index (χ4v) is 3.87. The van der Waals surface area contributed by atoms with Gasteiger partial charge in [-0.3, -0.25) is 0 Å². The molecule has 2 aliphatic heterocycles.